The summed E-state index contributed by atoms with van der Waals surface area (Å²) in [6.07, 6.45) is 10.3. The van der Waals surface area contributed by atoms with Crippen molar-refractivity contribution < 1.29 is 13.9 Å². The number of methoxy groups -OCH3 is 1. The molecule has 1 N–H and O–H groups in total. The summed E-state index contributed by atoms with van der Waals surface area (Å²) in [5, 5.41) is 6.87. The highest BCUT2D eigenvalue weighted by atomic mass is 19.1. The molecule has 0 bridgehead atoms. The quantitative estimate of drug-likeness (QED) is 0.714. The van der Waals surface area contributed by atoms with E-state index in [1.54, 1.807) is 18.6 Å². The van der Waals surface area contributed by atoms with Crippen LogP contribution in [-0.2, 0) is 0 Å². The van der Waals surface area contributed by atoms with Gasteiger partial charge in [-0.1, -0.05) is 0 Å². The van der Waals surface area contributed by atoms with Gasteiger partial charge in [-0.15, -0.1) is 0 Å². The maximum Gasteiger partial charge on any atom is 0.255 e. The molecule has 2 aromatic heterocycles. The molecule has 0 aliphatic carbocycles. The second-order valence-corrected chi connectivity index (χ2v) is 6.77. The van der Waals surface area contributed by atoms with Gasteiger partial charge in [0, 0.05) is 18.7 Å². The van der Waals surface area contributed by atoms with Crippen LogP contribution in [0.5, 0.6) is 5.75 Å². The molecule has 0 unspecified atom stereocenters. The average Bonchev–Trinajstić information content (AvgIpc) is 3.23. The first-order chi connectivity index (χ1) is 14.1. The number of piperidine rings is 1. The van der Waals surface area contributed by atoms with E-state index in [4.69, 9.17) is 4.74 Å². The maximum absolute atomic E-state index is 13.8. The minimum Gasteiger partial charge on any atom is -0.494 e. The minimum atomic E-state index is -0.599. The first kappa shape index (κ1) is 18.9. The predicted molar refractivity (Wildman–Crippen MR) is 106 cm³/mol. The second-order valence-electron chi connectivity index (χ2n) is 6.77. The molecule has 1 fully saturated rings. The van der Waals surface area contributed by atoms with Gasteiger partial charge in [0.1, 0.15) is 0 Å². The Labute approximate surface area is 167 Å². The SMILES string of the molecule is COc1ccc(C(=O)Nc2cnn(-c3ncc(N4CCCCC4)cn3)c2)cc1F. The van der Waals surface area contributed by atoms with Crippen molar-refractivity contribution in [1.29, 1.82) is 0 Å². The third kappa shape index (κ3) is 4.18. The Morgan fingerprint density at radius 1 is 1.14 bits per heavy atom. The van der Waals surface area contributed by atoms with Gasteiger partial charge in [-0.2, -0.15) is 5.10 Å². The molecule has 0 spiro atoms. The Morgan fingerprint density at radius 3 is 2.59 bits per heavy atom. The molecule has 8 nitrogen and oxygen atoms in total. The highest BCUT2D eigenvalue weighted by Gasteiger charge is 2.14. The maximum atomic E-state index is 13.8. The van der Waals surface area contributed by atoms with E-state index in [0.717, 1.165) is 24.8 Å². The molecule has 0 saturated carbocycles. The summed E-state index contributed by atoms with van der Waals surface area (Å²) in [5.41, 5.74) is 1.63. The zero-order chi connectivity index (χ0) is 20.2. The van der Waals surface area contributed by atoms with Gasteiger partial charge in [0.05, 0.1) is 43.3 Å². The number of amides is 1. The van der Waals surface area contributed by atoms with Crippen molar-refractivity contribution in [3.8, 4) is 11.7 Å². The lowest BCUT2D eigenvalue weighted by molar-refractivity contribution is 0.102. The summed E-state index contributed by atoms with van der Waals surface area (Å²) < 4.78 is 20.1. The van der Waals surface area contributed by atoms with E-state index in [2.05, 4.69) is 25.3 Å². The van der Waals surface area contributed by atoms with Crippen LogP contribution in [0.3, 0.4) is 0 Å². The Bertz CT molecular complexity index is 998. The van der Waals surface area contributed by atoms with Crippen molar-refractivity contribution in [3.05, 3.63) is 54.4 Å². The van der Waals surface area contributed by atoms with Gasteiger partial charge in [-0.05, 0) is 37.5 Å². The number of nitrogens with one attached hydrogen (secondary N) is 1. The Morgan fingerprint density at radius 2 is 1.90 bits per heavy atom. The van der Waals surface area contributed by atoms with Crippen molar-refractivity contribution in [2.24, 2.45) is 0 Å². The summed E-state index contributed by atoms with van der Waals surface area (Å²) in [6, 6.07) is 4.02. The molecule has 3 heterocycles. The number of carbonyl (C=O) groups excluding carboxylic acids is 1. The van der Waals surface area contributed by atoms with Crippen LogP contribution < -0.4 is 15.0 Å². The summed E-state index contributed by atoms with van der Waals surface area (Å²) in [5.74, 6) is -0.563. The summed E-state index contributed by atoms with van der Waals surface area (Å²) in [6.45, 7) is 2.04. The van der Waals surface area contributed by atoms with E-state index in [-0.39, 0.29) is 11.3 Å². The number of carbonyl (C=O) groups is 1. The highest BCUT2D eigenvalue weighted by molar-refractivity contribution is 6.04. The van der Waals surface area contributed by atoms with Gasteiger partial charge in [0.2, 0.25) is 0 Å². The van der Waals surface area contributed by atoms with E-state index in [1.165, 1.54) is 49.4 Å². The van der Waals surface area contributed by atoms with Gasteiger partial charge < -0.3 is 15.0 Å². The van der Waals surface area contributed by atoms with E-state index < -0.39 is 11.7 Å². The lowest BCUT2D eigenvalue weighted by Gasteiger charge is -2.28. The third-order valence-electron chi connectivity index (χ3n) is 4.81. The van der Waals surface area contributed by atoms with E-state index in [9.17, 15) is 9.18 Å². The average molecular weight is 396 g/mol. The van der Waals surface area contributed by atoms with Gasteiger partial charge >= 0.3 is 0 Å². The third-order valence-corrected chi connectivity index (χ3v) is 4.81. The molecule has 4 rings (SSSR count). The summed E-state index contributed by atoms with van der Waals surface area (Å²) in [7, 11) is 1.37. The molecular formula is C20H21FN6O2. The predicted octanol–water partition coefficient (Wildman–Crippen LogP) is 3.05. The second kappa shape index (κ2) is 8.26. The van der Waals surface area contributed by atoms with Gasteiger partial charge in [-0.3, -0.25) is 4.79 Å². The molecule has 0 atom stereocenters. The molecule has 3 aromatic rings. The smallest absolute Gasteiger partial charge is 0.255 e. The molecule has 1 aromatic carbocycles. The fraction of sp³-hybridized carbons (Fsp3) is 0.300. The van der Waals surface area contributed by atoms with Gasteiger partial charge in [0.25, 0.3) is 11.9 Å². The molecule has 9 heteroatoms. The van der Waals surface area contributed by atoms with Crippen molar-refractivity contribution in [3.63, 3.8) is 0 Å². The molecule has 0 radical (unpaired) electrons. The van der Waals surface area contributed by atoms with E-state index >= 15 is 0 Å². The number of hydrogen-bond donors (Lipinski definition) is 1. The number of anilines is 2. The van der Waals surface area contributed by atoms with Crippen LogP contribution in [0.15, 0.2) is 43.0 Å². The lowest BCUT2D eigenvalue weighted by Crippen LogP contribution is -2.29. The zero-order valence-corrected chi connectivity index (χ0v) is 16.0. The van der Waals surface area contributed by atoms with Gasteiger partial charge in [0.15, 0.2) is 11.6 Å². The molecular weight excluding hydrogens is 375 g/mol. The van der Waals surface area contributed by atoms with E-state index in [0.29, 0.717) is 11.6 Å². The molecule has 1 saturated heterocycles. The first-order valence-corrected chi connectivity index (χ1v) is 9.41. The van der Waals surface area contributed by atoms with Crippen LogP contribution in [0.4, 0.5) is 15.8 Å². The van der Waals surface area contributed by atoms with Crippen LogP contribution in [0.25, 0.3) is 5.95 Å². The molecule has 1 aliphatic rings. The van der Waals surface area contributed by atoms with Crippen LogP contribution in [-0.4, -0.2) is 45.9 Å². The standard InChI is InChI=1S/C20H21FN6O2/c1-29-18-6-5-14(9-17(18)21)19(28)25-15-10-24-27(13-15)20-22-11-16(12-23-20)26-7-3-2-4-8-26/h5-6,9-13H,2-4,7-8H2,1H3,(H,25,28). The molecule has 150 valence electrons. The summed E-state index contributed by atoms with van der Waals surface area (Å²) in [4.78, 5) is 23.4. The molecule has 1 amide bonds. The molecule has 29 heavy (non-hydrogen) atoms. The summed E-state index contributed by atoms with van der Waals surface area (Å²) >= 11 is 0. The number of nitrogens with zero attached hydrogens (tertiary/aromatic N) is 5. The first-order valence-electron chi connectivity index (χ1n) is 9.41. The molecule has 1 aliphatic heterocycles. The number of halogens is 1. The largest absolute Gasteiger partial charge is 0.494 e. The number of aromatic nitrogens is 4. The highest BCUT2D eigenvalue weighted by Crippen LogP contribution is 2.20. The fourth-order valence-electron chi connectivity index (χ4n) is 3.26. The Hall–Kier alpha value is -3.49. The topological polar surface area (TPSA) is 85.2 Å². The number of ether oxygens (including phenoxy) is 1. The number of benzene rings is 1. The van der Waals surface area contributed by atoms with Crippen molar-refractivity contribution in [1.82, 2.24) is 19.7 Å². The van der Waals surface area contributed by atoms with E-state index in [1.807, 2.05) is 0 Å². The van der Waals surface area contributed by atoms with Crippen LogP contribution in [0, 0.1) is 5.82 Å². The van der Waals surface area contributed by atoms with Crippen LogP contribution >= 0.6 is 0 Å². The van der Waals surface area contributed by atoms with Crippen LogP contribution in [0.2, 0.25) is 0 Å². The lowest BCUT2D eigenvalue weighted by atomic mass is 10.1. The monoisotopic (exact) mass is 396 g/mol. The van der Waals surface area contributed by atoms with Crippen molar-refractivity contribution in [2.75, 3.05) is 30.4 Å². The van der Waals surface area contributed by atoms with Crippen molar-refractivity contribution >= 4 is 17.3 Å². The van der Waals surface area contributed by atoms with Crippen LogP contribution in [0.1, 0.15) is 29.6 Å². The van der Waals surface area contributed by atoms with Crippen molar-refractivity contribution in [2.45, 2.75) is 19.3 Å². The fourth-order valence-corrected chi connectivity index (χ4v) is 3.26. The normalized spacial score (nSPS) is 13.9. The van der Waals surface area contributed by atoms with Gasteiger partial charge in [-0.25, -0.2) is 19.0 Å². The Kier molecular flexibility index (Phi) is 5.37. The number of hydrogen-bond acceptors (Lipinski definition) is 6. The zero-order valence-electron chi connectivity index (χ0n) is 16.0. The number of rotatable bonds is 5. The Balaban J connectivity index is 1.44. The minimum absolute atomic E-state index is 0.0829.